The molecule has 0 fully saturated rings. The average Bonchev–Trinajstić information content (AvgIpc) is 2.61. The molecule has 1 amide bonds. The van der Waals surface area contributed by atoms with E-state index in [-0.39, 0.29) is 12.5 Å². The van der Waals surface area contributed by atoms with Gasteiger partial charge in [0.2, 0.25) is 0 Å². The zero-order valence-electron chi connectivity index (χ0n) is 14.1. The zero-order valence-corrected chi connectivity index (χ0v) is 15.7. The van der Waals surface area contributed by atoms with Gasteiger partial charge in [-0.3, -0.25) is 4.79 Å². The number of rotatable bonds is 8. The van der Waals surface area contributed by atoms with E-state index >= 15 is 0 Å². The summed E-state index contributed by atoms with van der Waals surface area (Å²) in [6, 6.07) is 11.9. The van der Waals surface area contributed by atoms with E-state index in [4.69, 9.17) is 4.74 Å². The van der Waals surface area contributed by atoms with Crippen molar-refractivity contribution >= 4 is 38.3 Å². The Morgan fingerprint density at radius 2 is 2.00 bits per heavy atom. The molecule has 0 aliphatic heterocycles. The molecule has 0 aliphatic rings. The fourth-order valence-electron chi connectivity index (χ4n) is 2.33. The molecular weight excluding hydrogens is 368 g/mol. The van der Waals surface area contributed by atoms with Gasteiger partial charge in [-0.1, -0.05) is 50.6 Å². The molecule has 0 spiro atoms. The van der Waals surface area contributed by atoms with Crippen molar-refractivity contribution in [3.8, 4) is 5.75 Å². The number of fused-ring (bicyclic) bond motifs is 1. The molecule has 0 aromatic heterocycles. The summed E-state index contributed by atoms with van der Waals surface area (Å²) in [7, 11) is 0. The van der Waals surface area contributed by atoms with E-state index in [9.17, 15) is 4.79 Å². The standard InChI is InChI=1S/C19H23BrN2O2/c1-3-5-9-15(4-2)21-22-18(23)13-24-17-12-11-14-8-6-7-10-16(14)19(17)20/h6-8,10-12H,3-5,9,13H2,1-2H3,(H,22,23)/b21-15+. The zero-order chi connectivity index (χ0) is 17.4. The summed E-state index contributed by atoms with van der Waals surface area (Å²) in [6.07, 6.45) is 3.97. The summed E-state index contributed by atoms with van der Waals surface area (Å²) < 4.78 is 6.48. The van der Waals surface area contributed by atoms with Crippen molar-refractivity contribution in [1.29, 1.82) is 0 Å². The van der Waals surface area contributed by atoms with Gasteiger partial charge in [0.05, 0.1) is 4.47 Å². The number of hydrazone groups is 1. The lowest BCUT2D eigenvalue weighted by Gasteiger charge is -2.10. The van der Waals surface area contributed by atoms with Gasteiger partial charge in [-0.25, -0.2) is 5.43 Å². The van der Waals surface area contributed by atoms with Crippen LogP contribution in [0.4, 0.5) is 0 Å². The minimum Gasteiger partial charge on any atom is -0.483 e. The molecule has 1 N–H and O–H groups in total. The molecule has 2 aromatic rings. The largest absolute Gasteiger partial charge is 0.483 e. The predicted molar refractivity (Wildman–Crippen MR) is 103 cm³/mol. The van der Waals surface area contributed by atoms with Crippen LogP contribution < -0.4 is 10.2 Å². The number of unbranched alkanes of at least 4 members (excludes halogenated alkanes) is 1. The normalized spacial score (nSPS) is 11.5. The fraction of sp³-hybridized carbons (Fsp3) is 0.368. The Morgan fingerprint density at radius 1 is 1.21 bits per heavy atom. The molecule has 2 aromatic carbocycles. The van der Waals surface area contributed by atoms with Crippen molar-refractivity contribution in [3.05, 3.63) is 40.9 Å². The monoisotopic (exact) mass is 390 g/mol. The van der Waals surface area contributed by atoms with E-state index in [1.54, 1.807) is 0 Å². The Balaban J connectivity index is 1.94. The molecule has 0 atom stereocenters. The van der Waals surface area contributed by atoms with E-state index in [0.717, 1.165) is 46.6 Å². The molecule has 128 valence electrons. The van der Waals surface area contributed by atoms with E-state index in [0.29, 0.717) is 5.75 Å². The second-order valence-corrected chi connectivity index (χ2v) is 6.35. The van der Waals surface area contributed by atoms with Crippen LogP contribution in [0.3, 0.4) is 0 Å². The third kappa shape index (κ3) is 5.06. The molecule has 0 heterocycles. The molecule has 0 saturated carbocycles. The van der Waals surface area contributed by atoms with Crippen LogP contribution in [0.1, 0.15) is 39.5 Å². The summed E-state index contributed by atoms with van der Waals surface area (Å²) in [4.78, 5) is 11.9. The van der Waals surface area contributed by atoms with Gasteiger partial charge in [0.15, 0.2) is 6.61 Å². The van der Waals surface area contributed by atoms with E-state index in [1.165, 1.54) is 0 Å². The Bertz CT molecular complexity index is 728. The van der Waals surface area contributed by atoms with Gasteiger partial charge in [-0.15, -0.1) is 0 Å². The summed E-state index contributed by atoms with van der Waals surface area (Å²) in [6.45, 7) is 4.12. The minimum atomic E-state index is -0.252. The Morgan fingerprint density at radius 3 is 2.75 bits per heavy atom. The number of nitrogens with one attached hydrogen (secondary N) is 1. The van der Waals surface area contributed by atoms with Crippen LogP contribution in [0.2, 0.25) is 0 Å². The minimum absolute atomic E-state index is 0.0643. The number of hydrogen-bond acceptors (Lipinski definition) is 3. The summed E-state index contributed by atoms with van der Waals surface area (Å²) in [5, 5.41) is 6.37. The van der Waals surface area contributed by atoms with Gasteiger partial charge >= 0.3 is 0 Å². The third-order valence-electron chi connectivity index (χ3n) is 3.75. The maximum atomic E-state index is 11.9. The second kappa shape index (κ2) is 9.42. The van der Waals surface area contributed by atoms with Gasteiger partial charge in [-0.2, -0.15) is 5.10 Å². The Hall–Kier alpha value is -1.88. The van der Waals surface area contributed by atoms with Gasteiger partial charge < -0.3 is 4.74 Å². The first-order valence-electron chi connectivity index (χ1n) is 8.30. The number of halogens is 1. The molecule has 0 bridgehead atoms. The summed E-state index contributed by atoms with van der Waals surface area (Å²) >= 11 is 3.55. The first-order valence-corrected chi connectivity index (χ1v) is 9.09. The van der Waals surface area contributed by atoms with Crippen LogP contribution in [-0.2, 0) is 4.79 Å². The number of amides is 1. The van der Waals surface area contributed by atoms with Crippen LogP contribution in [-0.4, -0.2) is 18.2 Å². The van der Waals surface area contributed by atoms with Crippen molar-refractivity contribution in [3.63, 3.8) is 0 Å². The first-order chi connectivity index (χ1) is 11.7. The van der Waals surface area contributed by atoms with Crippen LogP contribution in [0.5, 0.6) is 5.75 Å². The molecule has 0 saturated heterocycles. The Labute approximate surface area is 151 Å². The predicted octanol–water partition coefficient (Wildman–Crippen LogP) is 5.05. The topological polar surface area (TPSA) is 50.7 Å². The highest BCUT2D eigenvalue weighted by atomic mass is 79.9. The summed E-state index contributed by atoms with van der Waals surface area (Å²) in [5.41, 5.74) is 3.59. The lowest BCUT2D eigenvalue weighted by molar-refractivity contribution is -0.123. The second-order valence-electron chi connectivity index (χ2n) is 5.56. The molecule has 0 radical (unpaired) electrons. The number of ether oxygens (including phenoxy) is 1. The van der Waals surface area contributed by atoms with E-state index in [1.807, 2.05) is 43.3 Å². The number of nitrogens with zero attached hydrogens (tertiary/aromatic N) is 1. The SMILES string of the molecule is CCCC/C(CC)=N/NC(=O)COc1ccc2ccccc2c1Br. The van der Waals surface area contributed by atoms with Crippen LogP contribution in [0, 0.1) is 0 Å². The number of carbonyl (C=O) groups is 1. The Kier molecular flexibility index (Phi) is 7.25. The lowest BCUT2D eigenvalue weighted by Crippen LogP contribution is -2.25. The molecular formula is C19H23BrN2O2. The van der Waals surface area contributed by atoms with E-state index in [2.05, 4.69) is 33.4 Å². The molecule has 24 heavy (non-hydrogen) atoms. The molecule has 5 heteroatoms. The van der Waals surface area contributed by atoms with Gasteiger partial charge in [0.25, 0.3) is 5.91 Å². The highest BCUT2D eigenvalue weighted by Crippen LogP contribution is 2.32. The van der Waals surface area contributed by atoms with Gasteiger partial charge in [0.1, 0.15) is 5.75 Å². The maximum Gasteiger partial charge on any atom is 0.277 e. The highest BCUT2D eigenvalue weighted by molar-refractivity contribution is 9.10. The van der Waals surface area contributed by atoms with Crippen LogP contribution >= 0.6 is 15.9 Å². The number of hydrogen-bond donors (Lipinski definition) is 1. The summed E-state index contributed by atoms with van der Waals surface area (Å²) in [5.74, 6) is 0.395. The number of carbonyl (C=O) groups excluding carboxylic acids is 1. The van der Waals surface area contributed by atoms with Gasteiger partial charge in [-0.05, 0) is 52.0 Å². The number of benzene rings is 2. The molecule has 0 unspecified atom stereocenters. The molecule has 4 nitrogen and oxygen atoms in total. The fourth-order valence-corrected chi connectivity index (χ4v) is 2.94. The van der Waals surface area contributed by atoms with Crippen molar-refractivity contribution < 1.29 is 9.53 Å². The first kappa shape index (κ1) is 18.5. The van der Waals surface area contributed by atoms with Crippen LogP contribution in [0.25, 0.3) is 10.8 Å². The van der Waals surface area contributed by atoms with Crippen molar-refractivity contribution in [2.75, 3.05) is 6.61 Å². The molecule has 2 rings (SSSR count). The van der Waals surface area contributed by atoms with Crippen molar-refractivity contribution in [2.45, 2.75) is 39.5 Å². The average molecular weight is 391 g/mol. The molecule has 0 aliphatic carbocycles. The van der Waals surface area contributed by atoms with Crippen molar-refractivity contribution in [2.24, 2.45) is 5.10 Å². The lowest BCUT2D eigenvalue weighted by atomic mass is 10.1. The van der Waals surface area contributed by atoms with Crippen molar-refractivity contribution in [1.82, 2.24) is 5.43 Å². The highest BCUT2D eigenvalue weighted by Gasteiger charge is 2.08. The van der Waals surface area contributed by atoms with E-state index < -0.39 is 0 Å². The smallest absolute Gasteiger partial charge is 0.277 e. The third-order valence-corrected chi connectivity index (χ3v) is 4.57. The maximum absolute atomic E-state index is 11.9. The van der Waals surface area contributed by atoms with Crippen LogP contribution in [0.15, 0.2) is 46.0 Å². The van der Waals surface area contributed by atoms with Gasteiger partial charge in [0, 0.05) is 5.71 Å². The quantitative estimate of drug-likeness (QED) is 0.506.